The van der Waals surface area contributed by atoms with Crippen molar-refractivity contribution >= 4 is 46.5 Å². The summed E-state index contributed by atoms with van der Waals surface area (Å²) in [6.07, 6.45) is -0.873. The van der Waals surface area contributed by atoms with Crippen LogP contribution in [0, 0.1) is 0 Å². The largest absolute Gasteiger partial charge is 0.514 e. The number of β-lactam (4-membered cyclic amide) rings is 1. The quantitative estimate of drug-likeness (QED) is 0.0937. The number of anilines is 1. The maximum Gasteiger partial charge on any atom is 0.514 e. The summed E-state index contributed by atoms with van der Waals surface area (Å²) >= 11 is 0. The summed E-state index contributed by atoms with van der Waals surface area (Å²) in [5.74, 6) is -1.97. The molecule has 3 aromatic rings. The first kappa shape index (κ1) is 38.9. The standard InChI is InChI=1S/C41H43N3O10S/c1-40(2,3)53-38(48)42-31-35(46)44-32(37(47)52-33(25-14-9-7-10-15-25)26-16-11-8-12-17-26)28(24-55(50)36(31)44)22-27-20-21-43(34(27)45)29-18-13-19-30(23-29)51-39(49)54-41(4,5)6/h7-19,22-23,31,33,36H,20-21,24H2,1-6H3,(H,42,48)/b27-22+. The smallest absolute Gasteiger partial charge is 0.448 e. The second kappa shape index (κ2) is 15.5. The van der Waals surface area contributed by atoms with Crippen LogP contribution in [0.25, 0.3) is 0 Å². The van der Waals surface area contributed by atoms with E-state index < -0.39 is 69.6 Å². The van der Waals surface area contributed by atoms with Crippen LogP contribution in [0.2, 0.25) is 0 Å². The molecule has 2 saturated heterocycles. The zero-order valence-corrected chi connectivity index (χ0v) is 32.2. The van der Waals surface area contributed by atoms with Gasteiger partial charge in [0, 0.05) is 23.9 Å². The lowest BCUT2D eigenvalue weighted by Gasteiger charge is -2.49. The number of esters is 1. The number of allylic oxidation sites excluding steroid dienone is 1. The molecule has 3 aliphatic heterocycles. The fourth-order valence-corrected chi connectivity index (χ4v) is 8.00. The minimum atomic E-state index is -1.80. The molecule has 0 spiro atoms. The van der Waals surface area contributed by atoms with Crippen LogP contribution in [-0.4, -0.2) is 74.1 Å². The Bertz CT molecular complexity index is 2050. The molecule has 0 aromatic heterocycles. The van der Waals surface area contributed by atoms with Crippen LogP contribution >= 0.6 is 0 Å². The second-order valence-corrected chi connectivity index (χ2v) is 16.7. The van der Waals surface area contributed by atoms with Crippen LogP contribution in [0.3, 0.4) is 0 Å². The highest BCUT2D eigenvalue weighted by atomic mass is 32.2. The Labute approximate surface area is 321 Å². The fourth-order valence-electron chi connectivity index (χ4n) is 6.37. The molecule has 3 aliphatic rings. The molecule has 3 amide bonds. The molecule has 0 aliphatic carbocycles. The average Bonchev–Trinajstić information content (AvgIpc) is 3.47. The number of rotatable bonds is 8. The molecule has 13 nitrogen and oxygen atoms in total. The van der Waals surface area contributed by atoms with Crippen LogP contribution in [0.1, 0.15) is 65.2 Å². The lowest BCUT2D eigenvalue weighted by Crippen LogP contribution is -2.73. The molecule has 3 atom stereocenters. The van der Waals surface area contributed by atoms with E-state index in [1.54, 1.807) is 59.7 Å². The van der Waals surface area contributed by atoms with Gasteiger partial charge >= 0.3 is 18.2 Å². The van der Waals surface area contributed by atoms with E-state index in [0.29, 0.717) is 22.4 Å². The molecule has 3 unspecified atom stereocenters. The molecule has 2 fully saturated rings. The molecular weight excluding hydrogens is 727 g/mol. The van der Waals surface area contributed by atoms with Crippen molar-refractivity contribution in [3.8, 4) is 5.75 Å². The van der Waals surface area contributed by atoms with Crippen molar-refractivity contribution in [3.05, 3.63) is 119 Å². The normalized spacial score (nSPS) is 20.6. The van der Waals surface area contributed by atoms with Crippen molar-refractivity contribution in [3.63, 3.8) is 0 Å². The van der Waals surface area contributed by atoms with Crippen molar-refractivity contribution in [2.24, 2.45) is 0 Å². The Balaban J connectivity index is 1.33. The minimum Gasteiger partial charge on any atom is -0.448 e. The van der Waals surface area contributed by atoms with Crippen molar-refractivity contribution < 1.29 is 47.1 Å². The van der Waals surface area contributed by atoms with Crippen LogP contribution in [0.15, 0.2) is 108 Å². The van der Waals surface area contributed by atoms with Gasteiger partial charge in [-0.05, 0) is 82.9 Å². The molecule has 6 rings (SSSR count). The number of hydrogen-bond acceptors (Lipinski definition) is 10. The van der Waals surface area contributed by atoms with E-state index in [2.05, 4.69) is 5.32 Å². The molecule has 0 bridgehead atoms. The van der Waals surface area contributed by atoms with Crippen molar-refractivity contribution in [1.29, 1.82) is 0 Å². The monoisotopic (exact) mass is 769 g/mol. The number of ether oxygens (including phenoxy) is 4. The van der Waals surface area contributed by atoms with Gasteiger partial charge in [0.25, 0.3) is 11.8 Å². The first-order valence-corrected chi connectivity index (χ1v) is 19.1. The molecule has 0 saturated carbocycles. The highest BCUT2D eigenvalue weighted by molar-refractivity contribution is 7.86. The molecule has 288 valence electrons. The predicted molar refractivity (Wildman–Crippen MR) is 203 cm³/mol. The first-order valence-electron chi connectivity index (χ1n) is 17.8. The van der Waals surface area contributed by atoms with Crippen LogP contribution < -0.4 is 15.0 Å². The highest BCUT2D eigenvalue weighted by Gasteiger charge is 2.58. The Hall–Kier alpha value is -5.76. The first-order chi connectivity index (χ1) is 26.0. The molecule has 1 N–H and O–H groups in total. The lowest BCUT2D eigenvalue weighted by atomic mass is 10.00. The summed E-state index contributed by atoms with van der Waals surface area (Å²) in [4.78, 5) is 69.6. The van der Waals surface area contributed by atoms with Gasteiger partial charge < -0.3 is 29.2 Å². The molecule has 55 heavy (non-hydrogen) atoms. The molecular formula is C41H43N3O10S. The third-order valence-corrected chi connectivity index (χ3v) is 10.3. The third kappa shape index (κ3) is 8.97. The number of fused-ring (bicyclic) bond motifs is 1. The van der Waals surface area contributed by atoms with Gasteiger partial charge in [0.15, 0.2) is 6.10 Å². The Morgan fingerprint density at radius 1 is 0.855 bits per heavy atom. The van der Waals surface area contributed by atoms with Gasteiger partial charge in [0.2, 0.25) is 0 Å². The molecule has 0 radical (unpaired) electrons. The second-order valence-electron chi connectivity index (χ2n) is 15.2. The van der Waals surface area contributed by atoms with Gasteiger partial charge in [-0.2, -0.15) is 0 Å². The summed E-state index contributed by atoms with van der Waals surface area (Å²) in [6.45, 7) is 10.4. The molecule has 3 aromatic carbocycles. The number of carbonyl (C=O) groups excluding carboxylic acids is 5. The van der Waals surface area contributed by atoms with Gasteiger partial charge in [0.05, 0.1) is 16.6 Å². The Morgan fingerprint density at radius 3 is 2.07 bits per heavy atom. The van der Waals surface area contributed by atoms with Gasteiger partial charge in [0.1, 0.15) is 34.1 Å². The minimum absolute atomic E-state index is 0.166. The number of nitrogens with one attached hydrogen (secondary N) is 1. The number of benzene rings is 3. The van der Waals surface area contributed by atoms with E-state index in [-0.39, 0.29) is 35.7 Å². The lowest BCUT2D eigenvalue weighted by molar-refractivity contribution is -0.153. The summed E-state index contributed by atoms with van der Waals surface area (Å²) in [7, 11) is -1.80. The number of amides is 3. The molecule has 14 heteroatoms. The topological polar surface area (TPSA) is 158 Å². The summed E-state index contributed by atoms with van der Waals surface area (Å²) < 4.78 is 35.9. The summed E-state index contributed by atoms with van der Waals surface area (Å²) in [6, 6.07) is 23.4. The third-order valence-electron chi connectivity index (χ3n) is 8.64. The Kier molecular flexibility index (Phi) is 11.0. The summed E-state index contributed by atoms with van der Waals surface area (Å²) in [5, 5.41) is 1.43. The van der Waals surface area contributed by atoms with E-state index in [1.807, 2.05) is 60.7 Å². The predicted octanol–water partition coefficient (Wildman–Crippen LogP) is 6.07. The molecule has 3 heterocycles. The van der Waals surface area contributed by atoms with E-state index in [0.717, 1.165) is 4.90 Å². The fraction of sp³-hybridized carbons (Fsp3) is 0.341. The van der Waals surface area contributed by atoms with Gasteiger partial charge in [-0.1, -0.05) is 66.7 Å². The number of nitrogens with zero attached hydrogens (tertiary/aromatic N) is 2. The zero-order chi connectivity index (χ0) is 39.7. The van der Waals surface area contributed by atoms with Crippen molar-refractivity contribution in [2.75, 3.05) is 17.2 Å². The van der Waals surface area contributed by atoms with Gasteiger partial charge in [-0.15, -0.1) is 0 Å². The van der Waals surface area contributed by atoms with E-state index in [1.165, 1.54) is 17.0 Å². The van der Waals surface area contributed by atoms with Crippen LogP contribution in [0.4, 0.5) is 15.3 Å². The van der Waals surface area contributed by atoms with Crippen molar-refractivity contribution in [2.45, 2.75) is 76.7 Å². The van der Waals surface area contributed by atoms with Crippen LogP contribution in [0.5, 0.6) is 5.75 Å². The van der Waals surface area contributed by atoms with E-state index >= 15 is 0 Å². The summed E-state index contributed by atoms with van der Waals surface area (Å²) in [5.41, 5.74) is 0.508. The van der Waals surface area contributed by atoms with Crippen molar-refractivity contribution in [1.82, 2.24) is 10.2 Å². The van der Waals surface area contributed by atoms with E-state index in [4.69, 9.17) is 18.9 Å². The Morgan fingerprint density at radius 2 is 1.47 bits per heavy atom. The van der Waals surface area contributed by atoms with Gasteiger partial charge in [-0.25, -0.2) is 14.4 Å². The maximum absolute atomic E-state index is 14.4. The van der Waals surface area contributed by atoms with Gasteiger partial charge in [-0.3, -0.25) is 18.7 Å². The zero-order valence-electron chi connectivity index (χ0n) is 31.4. The average molecular weight is 770 g/mol. The maximum atomic E-state index is 14.4. The van der Waals surface area contributed by atoms with Crippen LogP contribution in [-0.2, 0) is 39.4 Å². The number of carbonyl (C=O) groups is 5. The number of alkyl carbamates (subject to hydrolysis) is 1. The number of hydrogen-bond donors (Lipinski definition) is 1. The SMILES string of the molecule is CC(C)(C)OC(=O)NC1C(=O)N2C(C(=O)OC(c3ccccc3)c3ccccc3)=C(/C=C3\CCN(c4cccc(OC(=O)OC(C)(C)C)c4)C3=O)CS(=O)C12. The highest BCUT2D eigenvalue weighted by Crippen LogP contribution is 2.39. The van der Waals surface area contributed by atoms with E-state index in [9.17, 15) is 28.2 Å².